The second-order valence-electron chi connectivity index (χ2n) is 3.63. The predicted octanol–water partition coefficient (Wildman–Crippen LogP) is 4.67. The molecule has 0 atom stereocenters. The molecule has 0 aliphatic heterocycles. The Hall–Kier alpha value is -1.18. The summed E-state index contributed by atoms with van der Waals surface area (Å²) in [5.74, 6) is 0.281. The zero-order valence-corrected chi connectivity index (χ0v) is 10.2. The molecule has 0 aliphatic carbocycles. The molecule has 0 saturated carbocycles. The van der Waals surface area contributed by atoms with Gasteiger partial charge in [0.25, 0.3) is 0 Å². The molecule has 0 spiro atoms. The van der Waals surface area contributed by atoms with Gasteiger partial charge in [-0.05, 0) is 41.8 Å². The van der Waals surface area contributed by atoms with Crippen molar-refractivity contribution in [3.63, 3.8) is 0 Å². The lowest BCUT2D eigenvalue weighted by atomic mass is 10.0. The van der Waals surface area contributed by atoms with Crippen LogP contribution in [0, 0.1) is 6.92 Å². The van der Waals surface area contributed by atoms with Gasteiger partial charge in [0.2, 0.25) is 0 Å². The summed E-state index contributed by atoms with van der Waals surface area (Å²) in [6, 6.07) is 10.9. The van der Waals surface area contributed by atoms with Crippen molar-refractivity contribution in [1.29, 1.82) is 0 Å². The zero-order valence-electron chi connectivity index (χ0n) is 8.67. The number of aromatic hydroxyl groups is 1. The SMILES string of the molecule is Cc1ccc(-c2ccc(Cl)c(Cl)c2)cc1O. The molecule has 0 amide bonds. The molecule has 2 aromatic rings. The van der Waals surface area contributed by atoms with Crippen molar-refractivity contribution in [1.82, 2.24) is 0 Å². The Kier molecular flexibility index (Phi) is 3.08. The van der Waals surface area contributed by atoms with Crippen molar-refractivity contribution in [2.24, 2.45) is 0 Å². The van der Waals surface area contributed by atoms with Crippen molar-refractivity contribution in [2.45, 2.75) is 6.92 Å². The molecule has 2 aromatic carbocycles. The predicted molar refractivity (Wildman–Crippen MR) is 68.3 cm³/mol. The second-order valence-corrected chi connectivity index (χ2v) is 4.44. The Bertz CT molecular complexity index is 486. The number of benzene rings is 2. The largest absolute Gasteiger partial charge is 0.508 e. The molecule has 2 rings (SSSR count). The van der Waals surface area contributed by atoms with Gasteiger partial charge in [0.1, 0.15) is 5.75 Å². The lowest BCUT2D eigenvalue weighted by Gasteiger charge is -2.05. The van der Waals surface area contributed by atoms with Crippen molar-refractivity contribution in [3.05, 3.63) is 52.0 Å². The standard InChI is InChI=1S/C13H10Cl2O/c1-8-2-3-10(7-13(8)16)9-4-5-11(14)12(15)6-9/h2-7,16H,1H3. The summed E-state index contributed by atoms with van der Waals surface area (Å²) in [6.07, 6.45) is 0. The summed E-state index contributed by atoms with van der Waals surface area (Å²) in [7, 11) is 0. The van der Waals surface area contributed by atoms with E-state index >= 15 is 0 Å². The third-order valence-electron chi connectivity index (χ3n) is 2.46. The third-order valence-corrected chi connectivity index (χ3v) is 3.20. The Morgan fingerprint density at radius 1 is 0.875 bits per heavy atom. The number of rotatable bonds is 1. The summed E-state index contributed by atoms with van der Waals surface area (Å²) >= 11 is 11.8. The van der Waals surface area contributed by atoms with Gasteiger partial charge in [-0.3, -0.25) is 0 Å². The molecule has 0 radical (unpaired) electrons. The monoisotopic (exact) mass is 252 g/mol. The van der Waals surface area contributed by atoms with Gasteiger partial charge in [0.15, 0.2) is 0 Å². The molecular weight excluding hydrogens is 243 g/mol. The fourth-order valence-corrected chi connectivity index (χ4v) is 1.76. The van der Waals surface area contributed by atoms with E-state index in [1.807, 2.05) is 25.1 Å². The van der Waals surface area contributed by atoms with Crippen LogP contribution in [0.1, 0.15) is 5.56 Å². The van der Waals surface area contributed by atoms with Gasteiger partial charge in [0.05, 0.1) is 10.0 Å². The number of phenols is 1. The van der Waals surface area contributed by atoms with E-state index < -0.39 is 0 Å². The highest BCUT2D eigenvalue weighted by Crippen LogP contribution is 2.30. The summed E-state index contributed by atoms with van der Waals surface area (Å²) in [5, 5.41) is 10.7. The van der Waals surface area contributed by atoms with E-state index in [4.69, 9.17) is 23.2 Å². The second kappa shape index (κ2) is 4.36. The summed E-state index contributed by atoms with van der Waals surface area (Å²) in [5.41, 5.74) is 2.70. The minimum atomic E-state index is 0.281. The first-order valence-electron chi connectivity index (χ1n) is 4.83. The highest BCUT2D eigenvalue weighted by atomic mass is 35.5. The van der Waals surface area contributed by atoms with Crippen molar-refractivity contribution >= 4 is 23.2 Å². The van der Waals surface area contributed by atoms with Gasteiger partial charge in [0, 0.05) is 0 Å². The molecule has 3 heteroatoms. The van der Waals surface area contributed by atoms with E-state index in [0.29, 0.717) is 10.0 Å². The van der Waals surface area contributed by atoms with Crippen molar-refractivity contribution in [3.8, 4) is 16.9 Å². The van der Waals surface area contributed by atoms with Gasteiger partial charge in [-0.25, -0.2) is 0 Å². The number of phenolic OH excluding ortho intramolecular Hbond substituents is 1. The van der Waals surface area contributed by atoms with Gasteiger partial charge < -0.3 is 5.11 Å². The minimum absolute atomic E-state index is 0.281. The van der Waals surface area contributed by atoms with E-state index in [-0.39, 0.29) is 5.75 Å². The Morgan fingerprint density at radius 3 is 2.12 bits per heavy atom. The average molecular weight is 253 g/mol. The lowest BCUT2D eigenvalue weighted by Crippen LogP contribution is -1.80. The normalized spacial score (nSPS) is 10.4. The maximum absolute atomic E-state index is 9.63. The van der Waals surface area contributed by atoms with Crippen LogP contribution in [0.2, 0.25) is 10.0 Å². The molecule has 0 fully saturated rings. The van der Waals surface area contributed by atoms with Crippen molar-refractivity contribution < 1.29 is 5.11 Å². The summed E-state index contributed by atoms with van der Waals surface area (Å²) in [6.45, 7) is 1.86. The van der Waals surface area contributed by atoms with Crippen LogP contribution in [0.3, 0.4) is 0 Å². The molecule has 0 heterocycles. The third kappa shape index (κ3) is 2.16. The van der Waals surface area contributed by atoms with Crippen molar-refractivity contribution in [2.75, 3.05) is 0 Å². The lowest BCUT2D eigenvalue weighted by molar-refractivity contribution is 0.471. The first kappa shape index (κ1) is 11.3. The van der Waals surface area contributed by atoms with E-state index in [2.05, 4.69) is 0 Å². The molecule has 0 saturated heterocycles. The van der Waals surface area contributed by atoms with E-state index in [0.717, 1.165) is 16.7 Å². The van der Waals surface area contributed by atoms with Gasteiger partial charge in [-0.15, -0.1) is 0 Å². The van der Waals surface area contributed by atoms with E-state index in [9.17, 15) is 5.11 Å². The highest BCUT2D eigenvalue weighted by molar-refractivity contribution is 6.42. The van der Waals surface area contributed by atoms with Crippen LogP contribution < -0.4 is 0 Å². The van der Waals surface area contributed by atoms with Gasteiger partial charge in [-0.2, -0.15) is 0 Å². The number of aryl methyl sites for hydroxylation is 1. The topological polar surface area (TPSA) is 20.2 Å². The maximum Gasteiger partial charge on any atom is 0.119 e. The molecule has 0 bridgehead atoms. The van der Waals surface area contributed by atoms with Crippen LogP contribution in [-0.2, 0) is 0 Å². The number of halogens is 2. The fourth-order valence-electron chi connectivity index (χ4n) is 1.46. The molecule has 0 aliphatic rings. The Labute approximate surface area is 104 Å². The number of hydrogen-bond acceptors (Lipinski definition) is 1. The first-order chi connectivity index (χ1) is 7.58. The molecule has 0 unspecified atom stereocenters. The van der Waals surface area contributed by atoms with Crippen LogP contribution in [0.25, 0.3) is 11.1 Å². The average Bonchev–Trinajstić information content (AvgIpc) is 2.26. The number of hydrogen-bond donors (Lipinski definition) is 1. The molecule has 1 N–H and O–H groups in total. The molecule has 0 aromatic heterocycles. The zero-order chi connectivity index (χ0) is 11.7. The molecular formula is C13H10Cl2O. The van der Waals surface area contributed by atoms with Crippen LogP contribution in [-0.4, -0.2) is 5.11 Å². The molecule has 16 heavy (non-hydrogen) atoms. The quantitative estimate of drug-likeness (QED) is 0.782. The first-order valence-corrected chi connectivity index (χ1v) is 5.58. The van der Waals surface area contributed by atoms with Crippen LogP contribution in [0.4, 0.5) is 0 Å². The van der Waals surface area contributed by atoms with Gasteiger partial charge >= 0.3 is 0 Å². The van der Waals surface area contributed by atoms with E-state index in [1.54, 1.807) is 18.2 Å². The van der Waals surface area contributed by atoms with Crippen LogP contribution >= 0.6 is 23.2 Å². The Morgan fingerprint density at radius 2 is 1.50 bits per heavy atom. The minimum Gasteiger partial charge on any atom is -0.508 e. The van der Waals surface area contributed by atoms with Gasteiger partial charge in [-0.1, -0.05) is 41.4 Å². The summed E-state index contributed by atoms with van der Waals surface area (Å²) < 4.78 is 0. The molecule has 82 valence electrons. The fraction of sp³-hybridized carbons (Fsp3) is 0.0769. The van der Waals surface area contributed by atoms with E-state index in [1.165, 1.54) is 0 Å². The Balaban J connectivity index is 2.50. The summed E-state index contributed by atoms with van der Waals surface area (Å²) in [4.78, 5) is 0. The van der Waals surface area contributed by atoms with Crippen LogP contribution in [0.5, 0.6) is 5.75 Å². The molecule has 1 nitrogen and oxygen atoms in total. The highest BCUT2D eigenvalue weighted by Gasteiger charge is 2.04. The smallest absolute Gasteiger partial charge is 0.119 e. The maximum atomic E-state index is 9.63. The van der Waals surface area contributed by atoms with Crippen LogP contribution in [0.15, 0.2) is 36.4 Å².